The van der Waals surface area contributed by atoms with Crippen LogP contribution < -0.4 is 14.8 Å². The average molecular weight is 208 g/mol. The highest BCUT2D eigenvalue weighted by atomic mass is 16.5. The number of methoxy groups -OCH3 is 1. The summed E-state index contributed by atoms with van der Waals surface area (Å²) in [6.07, 6.45) is 4.25. The zero-order valence-electron chi connectivity index (χ0n) is 8.90. The first-order chi connectivity index (χ1) is 7.38. The van der Waals surface area contributed by atoms with Crippen molar-refractivity contribution >= 4 is 0 Å². The van der Waals surface area contributed by atoms with Crippen molar-refractivity contribution in [2.45, 2.75) is 18.9 Å². The summed E-state index contributed by atoms with van der Waals surface area (Å²) in [7, 11) is 1.61. The van der Waals surface area contributed by atoms with Gasteiger partial charge in [0.15, 0.2) is 0 Å². The summed E-state index contributed by atoms with van der Waals surface area (Å²) in [6.45, 7) is 2.02. The van der Waals surface area contributed by atoms with Gasteiger partial charge in [-0.2, -0.15) is 0 Å². The maximum atomic E-state index is 5.82. The normalized spacial score (nSPS) is 21.0. The van der Waals surface area contributed by atoms with Crippen molar-refractivity contribution in [2.24, 2.45) is 0 Å². The number of hydrogen-bond acceptors (Lipinski definition) is 4. The van der Waals surface area contributed by atoms with Crippen molar-refractivity contribution in [3.63, 3.8) is 0 Å². The Labute approximate surface area is 89.6 Å². The van der Waals surface area contributed by atoms with Crippen LogP contribution in [0.2, 0.25) is 0 Å². The van der Waals surface area contributed by atoms with Gasteiger partial charge in [-0.15, -0.1) is 0 Å². The molecule has 0 bridgehead atoms. The second-order valence-electron chi connectivity index (χ2n) is 3.62. The second-order valence-corrected chi connectivity index (χ2v) is 3.62. The fraction of sp³-hybridized carbons (Fsp3) is 0.545. The van der Waals surface area contributed by atoms with Gasteiger partial charge in [-0.25, -0.2) is 4.98 Å². The van der Waals surface area contributed by atoms with Gasteiger partial charge in [-0.1, -0.05) is 0 Å². The monoisotopic (exact) mass is 208 g/mol. The molecule has 0 saturated carbocycles. The number of nitrogens with one attached hydrogen (secondary N) is 1. The molecular weight excluding hydrogens is 192 g/mol. The van der Waals surface area contributed by atoms with Gasteiger partial charge in [-0.3, -0.25) is 0 Å². The molecule has 0 spiro atoms. The Kier molecular flexibility index (Phi) is 3.40. The average Bonchev–Trinajstić information content (AvgIpc) is 2.31. The van der Waals surface area contributed by atoms with Crippen LogP contribution in [0.1, 0.15) is 12.8 Å². The zero-order chi connectivity index (χ0) is 10.5. The minimum atomic E-state index is 0.269. The number of hydrogen-bond donors (Lipinski definition) is 1. The van der Waals surface area contributed by atoms with Crippen molar-refractivity contribution in [3.8, 4) is 11.6 Å². The summed E-state index contributed by atoms with van der Waals surface area (Å²) < 4.78 is 10.9. The molecule has 4 heteroatoms. The summed E-state index contributed by atoms with van der Waals surface area (Å²) in [4.78, 5) is 4.03. The molecule has 1 aromatic rings. The highest BCUT2D eigenvalue weighted by Crippen LogP contribution is 2.19. The Hall–Kier alpha value is -1.29. The summed E-state index contributed by atoms with van der Waals surface area (Å²) in [5, 5.41) is 3.31. The molecule has 2 rings (SSSR count). The van der Waals surface area contributed by atoms with E-state index in [4.69, 9.17) is 9.47 Å². The third-order valence-corrected chi connectivity index (χ3v) is 2.47. The number of ether oxygens (including phenoxy) is 2. The largest absolute Gasteiger partial charge is 0.489 e. The Bertz CT molecular complexity index is 311. The van der Waals surface area contributed by atoms with Gasteiger partial charge >= 0.3 is 0 Å². The summed E-state index contributed by atoms with van der Waals surface area (Å²) in [5.41, 5.74) is 0. The van der Waals surface area contributed by atoms with Crippen molar-refractivity contribution in [1.82, 2.24) is 10.3 Å². The highest BCUT2D eigenvalue weighted by Gasteiger charge is 2.14. The van der Waals surface area contributed by atoms with Gasteiger partial charge in [0.25, 0.3) is 0 Å². The zero-order valence-corrected chi connectivity index (χ0v) is 8.90. The number of pyridine rings is 1. The van der Waals surface area contributed by atoms with Crippen LogP contribution in [0.15, 0.2) is 18.3 Å². The lowest BCUT2D eigenvalue weighted by molar-refractivity contribution is 0.166. The van der Waals surface area contributed by atoms with E-state index in [0.717, 1.165) is 25.3 Å². The maximum absolute atomic E-state index is 5.82. The lowest BCUT2D eigenvalue weighted by atomic mass is 10.1. The Morgan fingerprint density at radius 1 is 1.53 bits per heavy atom. The minimum absolute atomic E-state index is 0.269. The molecule has 1 aromatic heterocycles. The van der Waals surface area contributed by atoms with Crippen LogP contribution >= 0.6 is 0 Å². The van der Waals surface area contributed by atoms with Crippen molar-refractivity contribution in [1.29, 1.82) is 0 Å². The van der Waals surface area contributed by atoms with Crippen LogP contribution in [-0.4, -0.2) is 31.3 Å². The van der Waals surface area contributed by atoms with E-state index in [-0.39, 0.29) is 6.10 Å². The van der Waals surface area contributed by atoms with E-state index in [1.807, 2.05) is 12.1 Å². The van der Waals surface area contributed by atoms with Crippen LogP contribution in [0.3, 0.4) is 0 Å². The van der Waals surface area contributed by atoms with E-state index >= 15 is 0 Å². The molecule has 15 heavy (non-hydrogen) atoms. The number of aromatic nitrogens is 1. The third-order valence-electron chi connectivity index (χ3n) is 2.47. The fourth-order valence-corrected chi connectivity index (χ4v) is 1.69. The topological polar surface area (TPSA) is 43.4 Å². The molecule has 0 amide bonds. The molecule has 1 atom stereocenters. The quantitative estimate of drug-likeness (QED) is 0.811. The van der Waals surface area contributed by atoms with Crippen LogP contribution in [0, 0.1) is 0 Å². The summed E-state index contributed by atoms with van der Waals surface area (Å²) >= 11 is 0. The molecule has 82 valence electrons. The molecule has 1 fully saturated rings. The third kappa shape index (κ3) is 2.83. The molecule has 1 N–H and O–H groups in total. The van der Waals surface area contributed by atoms with E-state index in [0.29, 0.717) is 5.88 Å². The molecule has 2 heterocycles. The predicted octanol–water partition coefficient (Wildman–Crippen LogP) is 1.22. The fourth-order valence-electron chi connectivity index (χ4n) is 1.69. The van der Waals surface area contributed by atoms with Crippen molar-refractivity contribution in [2.75, 3.05) is 20.2 Å². The number of nitrogens with zero attached hydrogens (tertiary/aromatic N) is 1. The molecule has 1 aliphatic heterocycles. The smallest absolute Gasteiger partial charge is 0.216 e. The molecule has 4 nitrogen and oxygen atoms in total. The van der Waals surface area contributed by atoms with Crippen LogP contribution in [0.4, 0.5) is 0 Å². The van der Waals surface area contributed by atoms with Crippen LogP contribution in [0.25, 0.3) is 0 Å². The predicted molar refractivity (Wildman–Crippen MR) is 57.3 cm³/mol. The van der Waals surface area contributed by atoms with Crippen molar-refractivity contribution < 1.29 is 9.47 Å². The van der Waals surface area contributed by atoms with E-state index in [2.05, 4.69) is 10.3 Å². The molecule has 1 unspecified atom stereocenters. The maximum Gasteiger partial charge on any atom is 0.216 e. The van der Waals surface area contributed by atoms with Crippen LogP contribution in [-0.2, 0) is 0 Å². The molecule has 0 aromatic carbocycles. The highest BCUT2D eigenvalue weighted by molar-refractivity contribution is 5.26. The Morgan fingerprint density at radius 3 is 3.20 bits per heavy atom. The van der Waals surface area contributed by atoms with Gasteiger partial charge in [0.2, 0.25) is 5.88 Å². The molecule has 0 radical (unpaired) electrons. The van der Waals surface area contributed by atoms with Crippen LogP contribution in [0.5, 0.6) is 11.6 Å². The molecule has 0 aliphatic carbocycles. The number of piperidine rings is 1. The number of rotatable bonds is 3. The lowest BCUT2D eigenvalue weighted by Crippen LogP contribution is -2.37. The van der Waals surface area contributed by atoms with Gasteiger partial charge in [0.1, 0.15) is 11.9 Å². The lowest BCUT2D eigenvalue weighted by Gasteiger charge is -2.23. The summed E-state index contributed by atoms with van der Waals surface area (Å²) in [5.74, 6) is 1.42. The van der Waals surface area contributed by atoms with E-state index in [1.165, 1.54) is 6.42 Å². The standard InChI is InChI=1S/C11H16N2O2/c1-14-11-7-9(4-6-13-11)15-10-3-2-5-12-8-10/h4,6-7,10,12H,2-3,5,8H2,1H3. The van der Waals surface area contributed by atoms with E-state index in [9.17, 15) is 0 Å². The first kappa shape index (κ1) is 10.2. The Morgan fingerprint density at radius 2 is 2.47 bits per heavy atom. The molecule has 1 saturated heterocycles. The van der Waals surface area contributed by atoms with E-state index < -0.39 is 0 Å². The van der Waals surface area contributed by atoms with Gasteiger partial charge in [0.05, 0.1) is 7.11 Å². The first-order valence-corrected chi connectivity index (χ1v) is 5.26. The SMILES string of the molecule is COc1cc(OC2CCCNC2)ccn1. The van der Waals surface area contributed by atoms with E-state index in [1.54, 1.807) is 13.3 Å². The molecule has 1 aliphatic rings. The van der Waals surface area contributed by atoms with Gasteiger partial charge < -0.3 is 14.8 Å². The van der Waals surface area contributed by atoms with Gasteiger partial charge in [0, 0.05) is 18.8 Å². The van der Waals surface area contributed by atoms with Gasteiger partial charge in [-0.05, 0) is 25.5 Å². The summed E-state index contributed by atoms with van der Waals surface area (Å²) in [6, 6.07) is 3.67. The Balaban J connectivity index is 1.96. The first-order valence-electron chi connectivity index (χ1n) is 5.26. The van der Waals surface area contributed by atoms with Crippen molar-refractivity contribution in [3.05, 3.63) is 18.3 Å². The second kappa shape index (κ2) is 4.98. The minimum Gasteiger partial charge on any atom is -0.489 e. The molecular formula is C11H16N2O2.